The molecule has 5 heteroatoms. The Balaban J connectivity index is 1.89. The Hall–Kier alpha value is -0.650. The first-order valence-corrected chi connectivity index (χ1v) is 8.00. The minimum absolute atomic E-state index is 0.477. The van der Waals surface area contributed by atoms with Crippen molar-refractivity contribution in [2.24, 2.45) is 0 Å². The molecule has 0 unspecified atom stereocenters. The van der Waals surface area contributed by atoms with E-state index in [1.807, 2.05) is 6.07 Å². The predicted octanol–water partition coefficient (Wildman–Crippen LogP) is 1.34. The monoisotopic (exact) mass is 270 g/mol. The fourth-order valence-electron chi connectivity index (χ4n) is 2.01. The summed E-state index contributed by atoms with van der Waals surface area (Å²) >= 11 is 0. The second kappa shape index (κ2) is 6.50. The Labute approximate surface area is 111 Å². The van der Waals surface area contributed by atoms with Gasteiger partial charge in [-0.3, -0.25) is 9.11 Å². The van der Waals surface area contributed by atoms with Gasteiger partial charge in [0.15, 0.2) is 0 Å². The molecule has 2 heterocycles. The van der Waals surface area contributed by atoms with Crippen molar-refractivity contribution >= 4 is 10.8 Å². The van der Waals surface area contributed by atoms with Crippen LogP contribution in [-0.4, -0.2) is 39.7 Å². The quantitative estimate of drug-likeness (QED) is 0.877. The van der Waals surface area contributed by atoms with Crippen LogP contribution in [0.1, 0.15) is 25.2 Å². The van der Waals surface area contributed by atoms with Crippen LogP contribution < -0.4 is 5.32 Å². The third-order valence-electron chi connectivity index (χ3n) is 3.18. The third-order valence-corrected chi connectivity index (χ3v) is 4.45. The normalized spacial score (nSPS) is 18.6. The van der Waals surface area contributed by atoms with Gasteiger partial charge in [0.2, 0.25) is 0 Å². The van der Waals surface area contributed by atoms with E-state index in [2.05, 4.69) is 24.1 Å². The second-order valence-corrected chi connectivity index (χ2v) is 6.72. The molecule has 0 saturated carbocycles. The zero-order valence-corrected chi connectivity index (χ0v) is 12.0. The van der Waals surface area contributed by atoms with E-state index in [1.54, 1.807) is 6.26 Å². The first-order chi connectivity index (χ1) is 8.65. The van der Waals surface area contributed by atoms with E-state index in [-0.39, 0.29) is 0 Å². The van der Waals surface area contributed by atoms with Crippen LogP contribution in [0.15, 0.2) is 16.7 Å². The lowest BCUT2D eigenvalue weighted by atomic mass is 10.2. The number of nitrogens with one attached hydrogen (secondary N) is 1. The average molecular weight is 270 g/mol. The van der Waals surface area contributed by atoms with E-state index in [4.69, 9.17) is 4.42 Å². The lowest BCUT2D eigenvalue weighted by Gasteiger charge is -2.25. The van der Waals surface area contributed by atoms with Crippen molar-refractivity contribution in [2.45, 2.75) is 33.0 Å². The van der Waals surface area contributed by atoms with Crippen LogP contribution >= 0.6 is 0 Å². The van der Waals surface area contributed by atoms with E-state index < -0.39 is 10.8 Å². The van der Waals surface area contributed by atoms with E-state index in [0.717, 1.165) is 43.4 Å². The molecule has 1 N–H and O–H groups in total. The average Bonchev–Trinajstić information content (AvgIpc) is 2.77. The number of rotatable bonds is 5. The van der Waals surface area contributed by atoms with E-state index in [0.29, 0.717) is 6.04 Å². The summed E-state index contributed by atoms with van der Waals surface area (Å²) in [7, 11) is -0.609. The van der Waals surface area contributed by atoms with Crippen LogP contribution in [0.5, 0.6) is 0 Å². The Bertz CT molecular complexity index is 393. The van der Waals surface area contributed by atoms with Crippen molar-refractivity contribution in [3.63, 3.8) is 0 Å². The minimum Gasteiger partial charge on any atom is -0.468 e. The van der Waals surface area contributed by atoms with Gasteiger partial charge in [-0.25, -0.2) is 0 Å². The maximum absolute atomic E-state index is 11.3. The SMILES string of the molecule is CC(C)NCc1ccoc1CN1CCS(=O)CC1. The second-order valence-electron chi connectivity index (χ2n) is 5.03. The number of hydrogen-bond donors (Lipinski definition) is 1. The molecule has 1 aromatic rings. The van der Waals surface area contributed by atoms with Gasteiger partial charge in [-0.1, -0.05) is 13.8 Å². The third kappa shape index (κ3) is 3.93. The summed E-state index contributed by atoms with van der Waals surface area (Å²) in [6.07, 6.45) is 1.76. The van der Waals surface area contributed by atoms with Gasteiger partial charge in [-0.15, -0.1) is 0 Å². The lowest BCUT2D eigenvalue weighted by Crippen LogP contribution is -2.37. The van der Waals surface area contributed by atoms with Gasteiger partial charge in [-0.2, -0.15) is 0 Å². The molecule has 0 aromatic carbocycles. The molecule has 1 fully saturated rings. The molecule has 0 radical (unpaired) electrons. The van der Waals surface area contributed by atoms with Gasteiger partial charge in [0, 0.05) is 53.5 Å². The van der Waals surface area contributed by atoms with Gasteiger partial charge < -0.3 is 9.73 Å². The first-order valence-electron chi connectivity index (χ1n) is 6.51. The molecule has 1 saturated heterocycles. The summed E-state index contributed by atoms with van der Waals surface area (Å²) in [5.74, 6) is 2.62. The van der Waals surface area contributed by atoms with Crippen molar-refractivity contribution in [2.75, 3.05) is 24.6 Å². The molecular weight excluding hydrogens is 248 g/mol. The van der Waals surface area contributed by atoms with Gasteiger partial charge in [0.05, 0.1) is 12.8 Å². The zero-order chi connectivity index (χ0) is 13.0. The molecule has 4 nitrogen and oxygen atoms in total. The molecule has 1 aliphatic rings. The van der Waals surface area contributed by atoms with Crippen LogP contribution in [0.3, 0.4) is 0 Å². The zero-order valence-electron chi connectivity index (χ0n) is 11.1. The summed E-state index contributed by atoms with van der Waals surface area (Å²) in [6, 6.07) is 2.51. The largest absolute Gasteiger partial charge is 0.468 e. The van der Waals surface area contributed by atoms with Gasteiger partial charge in [0.25, 0.3) is 0 Å². The van der Waals surface area contributed by atoms with Gasteiger partial charge >= 0.3 is 0 Å². The van der Waals surface area contributed by atoms with Crippen LogP contribution in [-0.2, 0) is 23.9 Å². The Morgan fingerprint density at radius 3 is 2.83 bits per heavy atom. The number of nitrogens with zero attached hydrogens (tertiary/aromatic N) is 1. The van der Waals surface area contributed by atoms with Crippen molar-refractivity contribution < 1.29 is 8.63 Å². The molecule has 18 heavy (non-hydrogen) atoms. The number of hydrogen-bond acceptors (Lipinski definition) is 4. The molecule has 1 aromatic heterocycles. The molecule has 1 aliphatic heterocycles. The minimum atomic E-state index is -0.609. The van der Waals surface area contributed by atoms with E-state index >= 15 is 0 Å². The smallest absolute Gasteiger partial charge is 0.122 e. The van der Waals surface area contributed by atoms with E-state index in [1.165, 1.54) is 5.56 Å². The van der Waals surface area contributed by atoms with E-state index in [9.17, 15) is 4.21 Å². The van der Waals surface area contributed by atoms with Gasteiger partial charge in [0.1, 0.15) is 5.76 Å². The van der Waals surface area contributed by atoms with Crippen LogP contribution in [0, 0.1) is 0 Å². The fourth-order valence-corrected chi connectivity index (χ4v) is 3.14. The first kappa shape index (κ1) is 13.8. The molecule has 0 spiro atoms. The highest BCUT2D eigenvalue weighted by atomic mass is 32.2. The summed E-state index contributed by atoms with van der Waals surface area (Å²) in [4.78, 5) is 2.32. The van der Waals surface area contributed by atoms with Crippen LogP contribution in [0.25, 0.3) is 0 Å². The maximum Gasteiger partial charge on any atom is 0.122 e. The standard InChI is InChI=1S/C13H22N2O2S/c1-11(2)14-9-12-3-6-17-13(12)10-15-4-7-18(16)8-5-15/h3,6,11,14H,4-5,7-10H2,1-2H3. The highest BCUT2D eigenvalue weighted by Crippen LogP contribution is 2.14. The summed E-state index contributed by atoms with van der Waals surface area (Å²) in [6.45, 7) is 7.77. The molecule has 102 valence electrons. The molecule has 0 amide bonds. The molecule has 0 atom stereocenters. The van der Waals surface area contributed by atoms with Crippen LogP contribution in [0.4, 0.5) is 0 Å². The van der Waals surface area contributed by atoms with Crippen molar-refractivity contribution in [1.82, 2.24) is 10.2 Å². The molecule has 0 aliphatic carbocycles. The molecule has 0 bridgehead atoms. The molecular formula is C13H22N2O2S. The number of furan rings is 1. The van der Waals surface area contributed by atoms with Crippen molar-refractivity contribution in [1.29, 1.82) is 0 Å². The summed E-state index contributed by atoms with van der Waals surface area (Å²) in [5, 5.41) is 3.41. The van der Waals surface area contributed by atoms with Crippen molar-refractivity contribution in [3.05, 3.63) is 23.7 Å². The highest BCUT2D eigenvalue weighted by Gasteiger charge is 2.17. The van der Waals surface area contributed by atoms with Crippen LogP contribution in [0.2, 0.25) is 0 Å². The Morgan fingerprint density at radius 1 is 1.44 bits per heavy atom. The summed E-state index contributed by atoms with van der Waals surface area (Å²) in [5.41, 5.74) is 1.23. The molecule has 2 rings (SSSR count). The highest BCUT2D eigenvalue weighted by molar-refractivity contribution is 7.85. The maximum atomic E-state index is 11.3. The van der Waals surface area contributed by atoms with Gasteiger partial charge in [-0.05, 0) is 6.07 Å². The van der Waals surface area contributed by atoms with Crippen molar-refractivity contribution in [3.8, 4) is 0 Å². The topological polar surface area (TPSA) is 45.5 Å². The summed E-state index contributed by atoms with van der Waals surface area (Å²) < 4.78 is 16.9. The Kier molecular flexibility index (Phi) is 4.97. The fraction of sp³-hybridized carbons (Fsp3) is 0.692. The lowest BCUT2D eigenvalue weighted by molar-refractivity contribution is 0.263. The predicted molar refractivity (Wildman–Crippen MR) is 73.8 cm³/mol. The Morgan fingerprint density at radius 2 is 2.17 bits per heavy atom.